The van der Waals surface area contributed by atoms with Crippen LogP contribution in [-0.4, -0.2) is 0 Å². The molecule has 2 aromatic carbocycles. The third kappa shape index (κ3) is 1.54. The molecule has 0 aliphatic rings. The molecule has 0 spiro atoms. The molecule has 13 heavy (non-hydrogen) atoms. The van der Waals surface area contributed by atoms with Crippen molar-refractivity contribution in [3.05, 3.63) is 46.5 Å². The summed E-state index contributed by atoms with van der Waals surface area (Å²) >= 11 is 5.91. The normalized spacial score (nSPS) is 10.7. The lowest BCUT2D eigenvalue weighted by molar-refractivity contribution is 1.37. The molecule has 0 N–H and O–H groups in total. The molecular weight excluding hydrogens is 180 g/mol. The molecule has 0 saturated carbocycles. The molecule has 2 aromatic rings. The largest absolute Gasteiger partial charge is 0.0843 e. The van der Waals surface area contributed by atoms with Crippen molar-refractivity contribution in [2.75, 3.05) is 0 Å². The van der Waals surface area contributed by atoms with E-state index in [4.69, 9.17) is 11.6 Å². The number of halogens is 1. The van der Waals surface area contributed by atoms with Crippen LogP contribution in [0.4, 0.5) is 0 Å². The van der Waals surface area contributed by atoms with Crippen LogP contribution >= 0.6 is 11.6 Å². The third-order valence-electron chi connectivity index (χ3n) is 2.41. The third-order valence-corrected chi connectivity index (χ3v) is 2.65. The molecule has 66 valence electrons. The van der Waals surface area contributed by atoms with Crippen LogP contribution in [0.5, 0.6) is 0 Å². The molecule has 1 heteroatoms. The zero-order chi connectivity index (χ0) is 9.42. The molecule has 0 unspecified atom stereocenters. The summed E-state index contributed by atoms with van der Waals surface area (Å²) in [6.07, 6.45) is 0. The van der Waals surface area contributed by atoms with Crippen LogP contribution in [-0.2, 0) is 0 Å². The Morgan fingerprint density at radius 2 is 1.46 bits per heavy atom. The summed E-state index contributed by atoms with van der Waals surface area (Å²) in [5.74, 6) is 0. The fraction of sp³-hybridized carbons (Fsp3) is 0.167. The van der Waals surface area contributed by atoms with E-state index in [9.17, 15) is 0 Å². The van der Waals surface area contributed by atoms with Crippen LogP contribution in [0.15, 0.2) is 30.3 Å². The van der Waals surface area contributed by atoms with Gasteiger partial charge in [-0.3, -0.25) is 0 Å². The molecule has 0 aliphatic carbocycles. The van der Waals surface area contributed by atoms with Gasteiger partial charge in [0.1, 0.15) is 0 Å². The maximum atomic E-state index is 5.91. The first kappa shape index (κ1) is 8.58. The van der Waals surface area contributed by atoms with Crippen molar-refractivity contribution < 1.29 is 0 Å². The van der Waals surface area contributed by atoms with E-state index in [0.717, 1.165) is 5.02 Å². The van der Waals surface area contributed by atoms with Gasteiger partial charge < -0.3 is 0 Å². The zero-order valence-corrected chi connectivity index (χ0v) is 8.52. The molecule has 2 rings (SSSR count). The summed E-state index contributed by atoms with van der Waals surface area (Å²) in [7, 11) is 0. The maximum Gasteiger partial charge on any atom is 0.0412 e. The van der Waals surface area contributed by atoms with Crippen molar-refractivity contribution in [3.63, 3.8) is 0 Å². The van der Waals surface area contributed by atoms with Gasteiger partial charge in [-0.05, 0) is 47.9 Å². The van der Waals surface area contributed by atoms with Crippen LogP contribution in [0.3, 0.4) is 0 Å². The Balaban J connectivity index is 2.81. The average Bonchev–Trinajstić information content (AvgIpc) is 2.08. The first-order valence-corrected chi connectivity index (χ1v) is 4.71. The second kappa shape index (κ2) is 3.04. The Kier molecular flexibility index (Phi) is 2.01. The topological polar surface area (TPSA) is 0 Å². The number of aryl methyl sites for hydroxylation is 2. The molecular formula is C12H11Cl. The highest BCUT2D eigenvalue weighted by molar-refractivity contribution is 6.31. The smallest absolute Gasteiger partial charge is 0.0412 e. The standard InChI is InChI=1S/C12H11Cl/c1-8-5-10-3-4-12(13)7-11(10)6-9(8)2/h3-7H,1-2H3. The van der Waals surface area contributed by atoms with E-state index >= 15 is 0 Å². The molecule has 0 nitrogen and oxygen atoms in total. The number of rotatable bonds is 0. The number of fused-ring (bicyclic) bond motifs is 1. The minimum Gasteiger partial charge on any atom is -0.0843 e. The van der Waals surface area contributed by atoms with Crippen molar-refractivity contribution in [1.82, 2.24) is 0 Å². The van der Waals surface area contributed by atoms with E-state index in [1.165, 1.54) is 21.9 Å². The van der Waals surface area contributed by atoms with Gasteiger partial charge in [-0.15, -0.1) is 0 Å². The van der Waals surface area contributed by atoms with E-state index in [1.54, 1.807) is 0 Å². The molecule has 0 fully saturated rings. The first-order valence-electron chi connectivity index (χ1n) is 4.33. The van der Waals surface area contributed by atoms with Crippen molar-refractivity contribution in [2.45, 2.75) is 13.8 Å². The van der Waals surface area contributed by atoms with E-state index in [0.29, 0.717) is 0 Å². The summed E-state index contributed by atoms with van der Waals surface area (Å²) in [4.78, 5) is 0. The second-order valence-electron chi connectivity index (χ2n) is 3.43. The van der Waals surface area contributed by atoms with Crippen molar-refractivity contribution in [3.8, 4) is 0 Å². The SMILES string of the molecule is Cc1cc2ccc(Cl)cc2cc1C. The Hall–Kier alpha value is -1.01. The van der Waals surface area contributed by atoms with Crippen molar-refractivity contribution in [2.24, 2.45) is 0 Å². The quantitative estimate of drug-likeness (QED) is 0.587. The lowest BCUT2D eigenvalue weighted by Crippen LogP contribution is -1.81. The van der Waals surface area contributed by atoms with Gasteiger partial charge in [0.2, 0.25) is 0 Å². The van der Waals surface area contributed by atoms with Gasteiger partial charge in [-0.2, -0.15) is 0 Å². The average molecular weight is 191 g/mol. The van der Waals surface area contributed by atoms with Gasteiger partial charge in [0.15, 0.2) is 0 Å². The highest BCUT2D eigenvalue weighted by Gasteiger charge is 1.97. The molecule has 0 saturated heterocycles. The van der Waals surface area contributed by atoms with Crippen LogP contribution in [0.2, 0.25) is 5.02 Å². The number of benzene rings is 2. The highest BCUT2D eigenvalue weighted by atomic mass is 35.5. The van der Waals surface area contributed by atoms with Crippen LogP contribution < -0.4 is 0 Å². The minimum atomic E-state index is 0.802. The van der Waals surface area contributed by atoms with Gasteiger partial charge in [0.05, 0.1) is 0 Å². The molecule has 0 amide bonds. The van der Waals surface area contributed by atoms with E-state index in [1.807, 2.05) is 12.1 Å². The number of hydrogen-bond acceptors (Lipinski definition) is 0. The van der Waals surface area contributed by atoms with Crippen LogP contribution in [0.1, 0.15) is 11.1 Å². The molecule has 0 bridgehead atoms. The molecule has 0 heterocycles. The van der Waals surface area contributed by atoms with E-state index < -0.39 is 0 Å². The molecule has 0 atom stereocenters. The Morgan fingerprint density at radius 3 is 2.15 bits per heavy atom. The van der Waals surface area contributed by atoms with Crippen molar-refractivity contribution in [1.29, 1.82) is 0 Å². The molecule has 0 aliphatic heterocycles. The number of hydrogen-bond donors (Lipinski definition) is 0. The van der Waals surface area contributed by atoms with Crippen LogP contribution in [0.25, 0.3) is 10.8 Å². The lowest BCUT2D eigenvalue weighted by Gasteiger charge is -2.03. The Labute approximate surface area is 83.1 Å². The van der Waals surface area contributed by atoms with Crippen LogP contribution in [0, 0.1) is 13.8 Å². The minimum absolute atomic E-state index is 0.802. The predicted octanol–water partition coefficient (Wildman–Crippen LogP) is 4.11. The van der Waals surface area contributed by atoms with Gasteiger partial charge >= 0.3 is 0 Å². The molecule has 0 aromatic heterocycles. The summed E-state index contributed by atoms with van der Waals surface area (Å²) < 4.78 is 0. The summed E-state index contributed by atoms with van der Waals surface area (Å²) in [6, 6.07) is 10.4. The molecule has 0 radical (unpaired) electrons. The first-order chi connectivity index (χ1) is 6.16. The summed E-state index contributed by atoms with van der Waals surface area (Å²) in [5.41, 5.74) is 2.64. The fourth-order valence-electron chi connectivity index (χ4n) is 1.50. The van der Waals surface area contributed by atoms with Gasteiger partial charge in [0.25, 0.3) is 0 Å². The van der Waals surface area contributed by atoms with Gasteiger partial charge in [0, 0.05) is 5.02 Å². The lowest BCUT2D eigenvalue weighted by atomic mass is 10.0. The second-order valence-corrected chi connectivity index (χ2v) is 3.86. The van der Waals surface area contributed by atoms with Gasteiger partial charge in [-0.25, -0.2) is 0 Å². The summed E-state index contributed by atoms with van der Waals surface area (Å²) in [6.45, 7) is 4.25. The van der Waals surface area contributed by atoms with Gasteiger partial charge in [-0.1, -0.05) is 29.8 Å². The Bertz CT molecular complexity index is 458. The van der Waals surface area contributed by atoms with E-state index in [-0.39, 0.29) is 0 Å². The predicted molar refractivity (Wildman–Crippen MR) is 58.4 cm³/mol. The van der Waals surface area contributed by atoms with E-state index in [2.05, 4.69) is 32.0 Å². The summed E-state index contributed by atoms with van der Waals surface area (Å²) in [5, 5.41) is 3.28. The zero-order valence-electron chi connectivity index (χ0n) is 7.76. The highest BCUT2D eigenvalue weighted by Crippen LogP contribution is 2.22. The Morgan fingerprint density at radius 1 is 0.846 bits per heavy atom. The maximum absolute atomic E-state index is 5.91. The van der Waals surface area contributed by atoms with Crippen molar-refractivity contribution >= 4 is 22.4 Å². The monoisotopic (exact) mass is 190 g/mol. The fourth-order valence-corrected chi connectivity index (χ4v) is 1.68.